The van der Waals surface area contributed by atoms with E-state index in [1.54, 1.807) is 0 Å². The van der Waals surface area contributed by atoms with Crippen molar-refractivity contribution in [2.24, 2.45) is 23.7 Å². The zero-order valence-electron chi connectivity index (χ0n) is 13.1. The first-order valence-corrected chi connectivity index (χ1v) is 8.58. The van der Waals surface area contributed by atoms with E-state index < -0.39 is 0 Å². The Morgan fingerprint density at radius 1 is 0.947 bits per heavy atom. The van der Waals surface area contributed by atoms with E-state index in [1.165, 1.54) is 51.6 Å². The van der Waals surface area contributed by atoms with Crippen LogP contribution in [0.4, 0.5) is 0 Å². The number of nitrogens with zero attached hydrogens (tertiary/aromatic N) is 1. The van der Waals surface area contributed by atoms with Gasteiger partial charge in [-0.1, -0.05) is 13.8 Å². The molecule has 1 N–H and O–H groups in total. The molecule has 0 aromatic rings. The summed E-state index contributed by atoms with van der Waals surface area (Å²) < 4.78 is 0. The molecule has 3 aliphatic rings. The van der Waals surface area contributed by atoms with E-state index in [0.29, 0.717) is 0 Å². The summed E-state index contributed by atoms with van der Waals surface area (Å²) in [5.41, 5.74) is 0. The highest BCUT2D eigenvalue weighted by molar-refractivity contribution is 4.96. The van der Waals surface area contributed by atoms with Crippen molar-refractivity contribution < 1.29 is 0 Å². The fraction of sp³-hybridized carbons (Fsp3) is 1.00. The third-order valence-electron chi connectivity index (χ3n) is 5.60. The van der Waals surface area contributed by atoms with E-state index in [9.17, 15) is 0 Å². The molecule has 19 heavy (non-hydrogen) atoms. The van der Waals surface area contributed by atoms with Gasteiger partial charge in [0.05, 0.1) is 0 Å². The third-order valence-corrected chi connectivity index (χ3v) is 5.60. The van der Waals surface area contributed by atoms with Gasteiger partial charge in [0.1, 0.15) is 0 Å². The highest BCUT2D eigenvalue weighted by atomic mass is 15.2. The van der Waals surface area contributed by atoms with Crippen LogP contribution in [-0.2, 0) is 0 Å². The molecule has 0 heterocycles. The van der Waals surface area contributed by atoms with Crippen LogP contribution in [0.3, 0.4) is 0 Å². The summed E-state index contributed by atoms with van der Waals surface area (Å²) in [6.45, 7) is 7.71. The first kappa shape index (κ1) is 13.9. The predicted octanol–water partition coefficient (Wildman–Crippen LogP) is 3.13. The minimum atomic E-state index is 0.719. The Morgan fingerprint density at radius 2 is 1.53 bits per heavy atom. The molecule has 0 saturated heterocycles. The molecule has 0 aliphatic heterocycles. The molecule has 4 unspecified atom stereocenters. The first-order valence-electron chi connectivity index (χ1n) is 8.58. The molecule has 2 heteroatoms. The second kappa shape index (κ2) is 5.73. The van der Waals surface area contributed by atoms with E-state index in [1.807, 2.05) is 0 Å². The molecule has 0 aromatic heterocycles. The van der Waals surface area contributed by atoms with Gasteiger partial charge in [-0.2, -0.15) is 0 Å². The van der Waals surface area contributed by atoms with Crippen molar-refractivity contribution in [3.05, 3.63) is 0 Å². The van der Waals surface area contributed by atoms with E-state index >= 15 is 0 Å². The van der Waals surface area contributed by atoms with Gasteiger partial charge in [0.25, 0.3) is 0 Å². The van der Waals surface area contributed by atoms with Crippen molar-refractivity contribution in [3.8, 4) is 0 Å². The first-order chi connectivity index (χ1) is 9.17. The van der Waals surface area contributed by atoms with Crippen molar-refractivity contribution >= 4 is 0 Å². The van der Waals surface area contributed by atoms with Crippen molar-refractivity contribution in [2.45, 2.75) is 64.5 Å². The molecule has 3 rings (SSSR count). The summed E-state index contributed by atoms with van der Waals surface area (Å²) in [4.78, 5) is 2.90. The van der Waals surface area contributed by atoms with Crippen molar-refractivity contribution in [1.82, 2.24) is 10.2 Å². The Balaban J connectivity index is 1.68. The van der Waals surface area contributed by atoms with E-state index in [-0.39, 0.29) is 0 Å². The van der Waals surface area contributed by atoms with Gasteiger partial charge in [0.2, 0.25) is 0 Å². The fourth-order valence-electron chi connectivity index (χ4n) is 4.32. The second-order valence-corrected chi connectivity index (χ2v) is 7.78. The van der Waals surface area contributed by atoms with Crippen LogP contribution >= 0.6 is 0 Å². The van der Waals surface area contributed by atoms with E-state index in [4.69, 9.17) is 0 Å². The number of likely N-dealkylation sites (N-methyl/N-ethyl adjacent to an activating group) is 1. The summed E-state index contributed by atoms with van der Waals surface area (Å²) in [6, 6.07) is 1.51. The lowest BCUT2D eigenvalue weighted by Gasteiger charge is -2.46. The van der Waals surface area contributed by atoms with E-state index in [2.05, 4.69) is 31.1 Å². The Kier molecular flexibility index (Phi) is 4.19. The quantitative estimate of drug-likeness (QED) is 0.793. The van der Waals surface area contributed by atoms with Crippen LogP contribution in [-0.4, -0.2) is 37.1 Å². The van der Waals surface area contributed by atoms with Gasteiger partial charge in [-0.15, -0.1) is 0 Å². The molecule has 0 spiro atoms. The number of hydrogen-bond acceptors (Lipinski definition) is 2. The Labute approximate surface area is 119 Å². The molecule has 2 nitrogen and oxygen atoms in total. The lowest BCUT2D eigenvalue weighted by Crippen LogP contribution is -2.56. The second-order valence-electron chi connectivity index (χ2n) is 7.78. The van der Waals surface area contributed by atoms with Crippen molar-refractivity contribution in [3.63, 3.8) is 0 Å². The summed E-state index contributed by atoms with van der Waals surface area (Å²) in [6.07, 6.45) is 8.75. The highest BCUT2D eigenvalue weighted by Gasteiger charge is 2.40. The molecule has 110 valence electrons. The minimum absolute atomic E-state index is 0.719. The molecule has 0 amide bonds. The topological polar surface area (TPSA) is 15.3 Å². The van der Waals surface area contributed by atoms with Crippen LogP contribution in [0.5, 0.6) is 0 Å². The zero-order chi connectivity index (χ0) is 13.4. The van der Waals surface area contributed by atoms with Gasteiger partial charge >= 0.3 is 0 Å². The molecule has 3 aliphatic carbocycles. The molecular weight excluding hydrogens is 232 g/mol. The molecule has 3 saturated carbocycles. The smallest absolute Gasteiger partial charge is 0.0275 e. The van der Waals surface area contributed by atoms with Crippen LogP contribution in [0.25, 0.3) is 0 Å². The van der Waals surface area contributed by atoms with Crippen LogP contribution in [0.15, 0.2) is 0 Å². The highest BCUT2D eigenvalue weighted by Crippen LogP contribution is 2.39. The normalized spacial score (nSPS) is 39.8. The standard InChI is InChI=1S/C17H32N2/c1-12-8-13(2)17(16(9-12)18-3)19(10-14-4-5-14)11-15-6-7-15/h12-18H,4-11H2,1-3H3. The van der Waals surface area contributed by atoms with Gasteiger partial charge in [-0.25, -0.2) is 0 Å². The third kappa shape index (κ3) is 3.52. The number of hydrogen-bond donors (Lipinski definition) is 1. The summed E-state index contributed by atoms with van der Waals surface area (Å²) in [7, 11) is 2.18. The molecule has 4 atom stereocenters. The fourth-order valence-corrected chi connectivity index (χ4v) is 4.32. The lowest BCUT2D eigenvalue weighted by atomic mass is 9.75. The van der Waals surface area contributed by atoms with Crippen LogP contribution < -0.4 is 5.32 Å². The number of nitrogens with one attached hydrogen (secondary N) is 1. The van der Waals surface area contributed by atoms with Crippen LogP contribution in [0.1, 0.15) is 52.4 Å². The lowest BCUT2D eigenvalue weighted by molar-refractivity contribution is 0.0569. The average Bonchev–Trinajstić information content (AvgIpc) is 3.22. The maximum absolute atomic E-state index is 3.64. The Morgan fingerprint density at radius 3 is 2.00 bits per heavy atom. The maximum Gasteiger partial charge on any atom is 0.0275 e. The summed E-state index contributed by atoms with van der Waals surface area (Å²) >= 11 is 0. The van der Waals surface area contributed by atoms with Gasteiger partial charge in [0, 0.05) is 25.2 Å². The Bertz CT molecular complexity index is 282. The Hall–Kier alpha value is -0.0800. The average molecular weight is 264 g/mol. The molecule has 3 fully saturated rings. The van der Waals surface area contributed by atoms with Gasteiger partial charge in [-0.05, 0) is 69.2 Å². The molecular formula is C17H32N2. The minimum Gasteiger partial charge on any atom is -0.315 e. The largest absolute Gasteiger partial charge is 0.315 e. The van der Waals surface area contributed by atoms with Crippen LogP contribution in [0, 0.1) is 23.7 Å². The summed E-state index contributed by atoms with van der Waals surface area (Å²) in [5, 5.41) is 3.64. The molecule has 0 aromatic carbocycles. The SMILES string of the molecule is CNC1CC(C)CC(C)C1N(CC1CC1)CC1CC1. The predicted molar refractivity (Wildman–Crippen MR) is 81.2 cm³/mol. The van der Waals surface area contributed by atoms with Gasteiger partial charge < -0.3 is 5.32 Å². The number of rotatable bonds is 6. The van der Waals surface area contributed by atoms with E-state index in [0.717, 1.165) is 35.8 Å². The summed E-state index contributed by atoms with van der Waals surface area (Å²) in [5.74, 6) is 3.82. The zero-order valence-corrected chi connectivity index (χ0v) is 13.1. The van der Waals surface area contributed by atoms with Crippen molar-refractivity contribution in [2.75, 3.05) is 20.1 Å². The van der Waals surface area contributed by atoms with Crippen molar-refractivity contribution in [1.29, 1.82) is 0 Å². The molecule has 0 radical (unpaired) electrons. The van der Waals surface area contributed by atoms with Gasteiger partial charge in [0.15, 0.2) is 0 Å². The maximum atomic E-state index is 3.64. The van der Waals surface area contributed by atoms with Crippen LogP contribution in [0.2, 0.25) is 0 Å². The molecule has 0 bridgehead atoms. The van der Waals surface area contributed by atoms with Gasteiger partial charge in [-0.3, -0.25) is 4.90 Å². The monoisotopic (exact) mass is 264 g/mol.